The van der Waals surface area contributed by atoms with E-state index in [1.807, 2.05) is 18.2 Å². The first-order valence-corrected chi connectivity index (χ1v) is 12.6. The SMILES string of the molecule is N#Cc1cc2c(cc1F)c1c(n2C(=O)NCc2ccnc(Cl)c2)CCN(CC=Cc2ccc(Cl)c(F)c2)C1. The summed E-state index contributed by atoms with van der Waals surface area (Å²) >= 11 is 11.7. The monoisotopic (exact) mass is 551 g/mol. The summed E-state index contributed by atoms with van der Waals surface area (Å²) < 4.78 is 29.9. The highest BCUT2D eigenvalue weighted by Gasteiger charge is 2.27. The van der Waals surface area contributed by atoms with Gasteiger partial charge in [-0.05, 0) is 53.1 Å². The fraction of sp³-hybridized carbons (Fsp3) is 0.179. The van der Waals surface area contributed by atoms with Crippen LogP contribution in [0.1, 0.15) is 27.9 Å². The number of carbonyl (C=O) groups excluding carboxylic acids is 1. The summed E-state index contributed by atoms with van der Waals surface area (Å²) in [6.07, 6.45) is 5.85. The maximum absolute atomic E-state index is 14.6. The molecule has 0 unspecified atom stereocenters. The number of pyridine rings is 1. The molecule has 0 bridgehead atoms. The van der Waals surface area contributed by atoms with Crippen molar-refractivity contribution in [2.75, 3.05) is 13.1 Å². The number of nitrogens with one attached hydrogen (secondary N) is 1. The van der Waals surface area contributed by atoms with Crippen molar-refractivity contribution in [2.45, 2.75) is 19.5 Å². The van der Waals surface area contributed by atoms with Crippen molar-refractivity contribution in [3.8, 4) is 6.07 Å². The molecule has 1 amide bonds. The number of rotatable bonds is 5. The Morgan fingerprint density at radius 1 is 1.16 bits per heavy atom. The van der Waals surface area contributed by atoms with Gasteiger partial charge in [-0.25, -0.2) is 18.6 Å². The number of benzene rings is 2. The molecule has 0 fully saturated rings. The van der Waals surface area contributed by atoms with Crippen LogP contribution in [0.5, 0.6) is 0 Å². The lowest BCUT2D eigenvalue weighted by Crippen LogP contribution is -2.34. The Hall–Kier alpha value is -3.77. The van der Waals surface area contributed by atoms with E-state index >= 15 is 0 Å². The maximum atomic E-state index is 14.6. The van der Waals surface area contributed by atoms with Crippen LogP contribution in [0.3, 0.4) is 0 Å². The summed E-state index contributed by atoms with van der Waals surface area (Å²) in [5.74, 6) is -1.11. The van der Waals surface area contributed by atoms with Crippen LogP contribution < -0.4 is 5.32 Å². The molecule has 0 atom stereocenters. The van der Waals surface area contributed by atoms with Crippen molar-refractivity contribution < 1.29 is 13.6 Å². The van der Waals surface area contributed by atoms with E-state index < -0.39 is 11.6 Å². The van der Waals surface area contributed by atoms with Gasteiger partial charge >= 0.3 is 6.03 Å². The Morgan fingerprint density at radius 2 is 2.00 bits per heavy atom. The number of carbonyl (C=O) groups is 1. The highest BCUT2D eigenvalue weighted by molar-refractivity contribution is 6.30. The van der Waals surface area contributed by atoms with E-state index in [1.54, 1.807) is 24.4 Å². The molecule has 0 radical (unpaired) electrons. The fourth-order valence-corrected chi connectivity index (χ4v) is 4.98. The Balaban J connectivity index is 1.42. The molecule has 0 aliphatic carbocycles. The molecule has 1 N–H and O–H groups in total. The minimum Gasteiger partial charge on any atom is -0.333 e. The first-order valence-electron chi connectivity index (χ1n) is 11.8. The van der Waals surface area contributed by atoms with Gasteiger partial charge in [0.2, 0.25) is 0 Å². The van der Waals surface area contributed by atoms with E-state index in [2.05, 4.69) is 15.2 Å². The molecule has 2 aromatic carbocycles. The van der Waals surface area contributed by atoms with Crippen molar-refractivity contribution in [2.24, 2.45) is 0 Å². The lowest BCUT2D eigenvalue weighted by Gasteiger charge is -2.27. The van der Waals surface area contributed by atoms with Gasteiger partial charge < -0.3 is 5.32 Å². The Kier molecular flexibility index (Phi) is 7.43. The second kappa shape index (κ2) is 10.9. The standard InChI is InChI=1S/C28H21Cl2F2N5O/c29-22-4-3-17(10-24(22)32)2-1-8-36-9-6-25-21(16-36)20-13-23(31)19(14-33)12-26(20)37(25)28(38)35-15-18-5-7-34-27(30)11-18/h1-5,7,10-13H,6,8-9,15-16H2,(H,35,38). The Morgan fingerprint density at radius 3 is 2.76 bits per heavy atom. The maximum Gasteiger partial charge on any atom is 0.326 e. The largest absolute Gasteiger partial charge is 0.333 e. The molecule has 3 heterocycles. The summed E-state index contributed by atoms with van der Waals surface area (Å²) in [5, 5.41) is 13.3. The van der Waals surface area contributed by atoms with Crippen LogP contribution >= 0.6 is 23.2 Å². The summed E-state index contributed by atoms with van der Waals surface area (Å²) in [7, 11) is 0. The number of fused-ring (bicyclic) bond motifs is 3. The molecule has 6 nitrogen and oxygen atoms in total. The number of amides is 1. The predicted octanol–water partition coefficient (Wildman–Crippen LogP) is 6.32. The topological polar surface area (TPSA) is 74.0 Å². The molecule has 0 saturated heterocycles. The number of nitrogens with zero attached hydrogens (tertiary/aromatic N) is 4. The second-order valence-electron chi connectivity index (χ2n) is 8.93. The van der Waals surface area contributed by atoms with Crippen molar-refractivity contribution in [3.05, 3.63) is 104 Å². The fourth-order valence-electron chi connectivity index (χ4n) is 4.67. The minimum absolute atomic E-state index is 0.0718. The van der Waals surface area contributed by atoms with Crippen molar-refractivity contribution in [1.82, 2.24) is 19.8 Å². The Labute approximate surface area is 227 Å². The molecule has 2 aromatic heterocycles. The van der Waals surface area contributed by atoms with Crippen LogP contribution in [0, 0.1) is 23.0 Å². The smallest absolute Gasteiger partial charge is 0.326 e. The first kappa shape index (κ1) is 25.9. The summed E-state index contributed by atoms with van der Waals surface area (Å²) in [5.41, 5.74) is 3.44. The van der Waals surface area contributed by atoms with Gasteiger partial charge in [-0.2, -0.15) is 5.26 Å². The predicted molar refractivity (Wildman–Crippen MR) is 143 cm³/mol. The quantitative estimate of drug-likeness (QED) is 0.294. The zero-order chi connectivity index (χ0) is 26.8. The third-order valence-corrected chi connectivity index (χ3v) is 7.01. The van der Waals surface area contributed by atoms with Crippen LogP contribution in [0.25, 0.3) is 17.0 Å². The summed E-state index contributed by atoms with van der Waals surface area (Å²) in [6.45, 7) is 1.94. The van der Waals surface area contributed by atoms with Crippen LogP contribution in [-0.2, 0) is 19.5 Å². The third-order valence-electron chi connectivity index (χ3n) is 6.49. The number of hydrogen-bond donors (Lipinski definition) is 1. The number of nitriles is 1. The van der Waals surface area contributed by atoms with E-state index in [0.29, 0.717) is 47.7 Å². The van der Waals surface area contributed by atoms with E-state index in [4.69, 9.17) is 23.2 Å². The van der Waals surface area contributed by atoms with Gasteiger partial charge in [-0.15, -0.1) is 0 Å². The highest BCUT2D eigenvalue weighted by atomic mass is 35.5. The molecular formula is C28H21Cl2F2N5O. The molecule has 10 heteroatoms. The number of halogens is 4. The summed E-state index contributed by atoms with van der Waals surface area (Å²) in [6, 6.07) is 12.3. The van der Waals surface area contributed by atoms with Gasteiger partial charge in [-0.1, -0.05) is 41.4 Å². The molecule has 4 aromatic rings. The minimum atomic E-state index is -0.631. The van der Waals surface area contributed by atoms with Crippen molar-refractivity contribution in [1.29, 1.82) is 5.26 Å². The molecule has 0 spiro atoms. The molecule has 1 aliphatic rings. The number of aromatic nitrogens is 2. The van der Waals surface area contributed by atoms with Gasteiger partial charge in [0.1, 0.15) is 22.9 Å². The van der Waals surface area contributed by atoms with E-state index in [9.17, 15) is 18.8 Å². The molecule has 192 valence electrons. The zero-order valence-electron chi connectivity index (χ0n) is 20.0. The van der Waals surface area contributed by atoms with Crippen LogP contribution in [0.15, 0.2) is 54.7 Å². The number of hydrogen-bond acceptors (Lipinski definition) is 4. The summed E-state index contributed by atoms with van der Waals surface area (Å²) in [4.78, 5) is 19.5. The van der Waals surface area contributed by atoms with E-state index in [0.717, 1.165) is 16.8 Å². The zero-order valence-corrected chi connectivity index (χ0v) is 21.5. The molecule has 0 saturated carbocycles. The lowest BCUT2D eigenvalue weighted by molar-refractivity contribution is 0.240. The second-order valence-corrected chi connectivity index (χ2v) is 9.72. The molecular weight excluding hydrogens is 531 g/mol. The van der Waals surface area contributed by atoms with Gasteiger partial charge in [0.05, 0.1) is 16.1 Å². The molecule has 5 rings (SSSR count). The van der Waals surface area contributed by atoms with Crippen molar-refractivity contribution in [3.63, 3.8) is 0 Å². The first-order chi connectivity index (χ1) is 18.3. The molecule has 38 heavy (non-hydrogen) atoms. The van der Waals surface area contributed by atoms with Gasteiger partial charge in [-0.3, -0.25) is 9.47 Å². The van der Waals surface area contributed by atoms with E-state index in [1.165, 1.54) is 28.8 Å². The van der Waals surface area contributed by atoms with Crippen LogP contribution in [0.2, 0.25) is 10.2 Å². The van der Waals surface area contributed by atoms with Crippen molar-refractivity contribution >= 4 is 46.2 Å². The van der Waals surface area contributed by atoms with E-state index in [-0.39, 0.29) is 23.2 Å². The van der Waals surface area contributed by atoms with Gasteiger partial charge in [0.15, 0.2) is 0 Å². The normalized spacial score (nSPS) is 13.6. The van der Waals surface area contributed by atoms with Gasteiger partial charge in [0, 0.05) is 49.9 Å². The molecule has 1 aliphatic heterocycles. The van der Waals surface area contributed by atoms with Crippen LogP contribution in [-0.4, -0.2) is 33.6 Å². The average Bonchev–Trinajstić information content (AvgIpc) is 3.21. The Bertz CT molecular complexity index is 1630. The lowest BCUT2D eigenvalue weighted by atomic mass is 10.0. The van der Waals surface area contributed by atoms with Gasteiger partial charge in [0.25, 0.3) is 0 Å². The average molecular weight is 552 g/mol. The van der Waals surface area contributed by atoms with Crippen LogP contribution in [0.4, 0.5) is 13.6 Å². The highest BCUT2D eigenvalue weighted by Crippen LogP contribution is 2.32. The third kappa shape index (κ3) is 5.27.